The molecule has 1 aromatic carbocycles. The molecule has 2 aromatic rings. The summed E-state index contributed by atoms with van der Waals surface area (Å²) < 4.78 is 1.29. The van der Waals surface area contributed by atoms with Gasteiger partial charge < -0.3 is 11.6 Å². The molecule has 0 aliphatic rings. The third kappa shape index (κ3) is 2.21. The van der Waals surface area contributed by atoms with Gasteiger partial charge in [0.1, 0.15) is 0 Å². The van der Waals surface area contributed by atoms with E-state index < -0.39 is 0 Å². The Morgan fingerprint density at radius 1 is 1.20 bits per heavy atom. The lowest BCUT2D eigenvalue weighted by atomic mass is 10.2. The molecular formula is C9H11N5S. The van der Waals surface area contributed by atoms with Crippen LogP contribution < -0.4 is 11.6 Å². The summed E-state index contributed by atoms with van der Waals surface area (Å²) >= 11 is 1.51. The molecule has 6 heteroatoms. The van der Waals surface area contributed by atoms with Crippen molar-refractivity contribution in [3.8, 4) is 0 Å². The Labute approximate surface area is 91.5 Å². The molecule has 0 saturated heterocycles. The Balaban J connectivity index is 2.02. The van der Waals surface area contributed by atoms with E-state index in [-0.39, 0.29) is 5.95 Å². The molecule has 78 valence electrons. The number of hydrogen-bond acceptors (Lipinski definition) is 5. The number of hydrogen-bond donors (Lipinski definition) is 2. The summed E-state index contributed by atoms with van der Waals surface area (Å²) in [5, 5.41) is 8.15. The first kappa shape index (κ1) is 9.85. The summed E-state index contributed by atoms with van der Waals surface area (Å²) in [5.41, 5.74) is 6.67. The predicted octanol–water partition coefficient (Wildman–Crippen LogP) is 0.866. The maximum Gasteiger partial charge on any atom is 0.241 e. The smallest absolute Gasteiger partial charge is 0.241 e. The average Bonchev–Trinajstić information content (AvgIpc) is 2.59. The molecule has 1 aromatic heterocycles. The highest BCUT2D eigenvalue weighted by Crippen LogP contribution is 2.20. The Bertz CT molecular complexity index is 439. The fourth-order valence-corrected chi connectivity index (χ4v) is 1.93. The van der Waals surface area contributed by atoms with E-state index >= 15 is 0 Å². The second-order valence-electron chi connectivity index (χ2n) is 2.99. The SMILES string of the molecule is Nc1nnc(SCc2ccccc2)n1N. The van der Waals surface area contributed by atoms with Crippen molar-refractivity contribution in [2.24, 2.45) is 0 Å². The third-order valence-electron chi connectivity index (χ3n) is 1.90. The molecule has 0 unspecified atom stereocenters. The third-order valence-corrected chi connectivity index (χ3v) is 2.92. The van der Waals surface area contributed by atoms with Crippen molar-refractivity contribution in [1.82, 2.24) is 14.9 Å². The van der Waals surface area contributed by atoms with Gasteiger partial charge in [0.25, 0.3) is 0 Å². The summed E-state index contributed by atoms with van der Waals surface area (Å²) in [5.74, 6) is 6.64. The number of aromatic nitrogens is 3. The van der Waals surface area contributed by atoms with Crippen LogP contribution in [-0.4, -0.2) is 14.9 Å². The van der Waals surface area contributed by atoms with Crippen LogP contribution in [-0.2, 0) is 5.75 Å². The number of rotatable bonds is 3. The lowest BCUT2D eigenvalue weighted by molar-refractivity contribution is 0.851. The second kappa shape index (κ2) is 4.22. The lowest BCUT2D eigenvalue weighted by Crippen LogP contribution is -2.12. The van der Waals surface area contributed by atoms with Crippen LogP contribution in [0.4, 0.5) is 5.95 Å². The van der Waals surface area contributed by atoms with Crippen LogP contribution in [0, 0.1) is 0 Å². The fourth-order valence-electron chi connectivity index (χ4n) is 1.11. The quantitative estimate of drug-likeness (QED) is 0.593. The van der Waals surface area contributed by atoms with Crippen LogP contribution in [0.1, 0.15) is 5.56 Å². The molecule has 1 heterocycles. The number of nitrogens with zero attached hydrogens (tertiary/aromatic N) is 3. The van der Waals surface area contributed by atoms with Crippen molar-refractivity contribution in [3.05, 3.63) is 35.9 Å². The van der Waals surface area contributed by atoms with Gasteiger partial charge in [0.15, 0.2) is 0 Å². The molecule has 0 spiro atoms. The normalized spacial score (nSPS) is 10.4. The van der Waals surface area contributed by atoms with Crippen LogP contribution in [0.2, 0.25) is 0 Å². The van der Waals surface area contributed by atoms with Crippen molar-refractivity contribution in [1.29, 1.82) is 0 Å². The number of anilines is 1. The van der Waals surface area contributed by atoms with Gasteiger partial charge in [0.2, 0.25) is 11.1 Å². The molecule has 5 nitrogen and oxygen atoms in total. The molecule has 0 amide bonds. The van der Waals surface area contributed by atoms with Crippen LogP contribution in [0.25, 0.3) is 0 Å². The standard InChI is InChI=1S/C9H11N5S/c10-8-12-13-9(14(8)11)15-6-7-4-2-1-3-5-7/h1-5H,6,11H2,(H2,10,12). The van der Waals surface area contributed by atoms with Gasteiger partial charge in [-0.2, -0.15) is 0 Å². The molecule has 0 atom stereocenters. The Hall–Kier alpha value is -1.69. The van der Waals surface area contributed by atoms with E-state index in [0.717, 1.165) is 5.75 Å². The first-order chi connectivity index (χ1) is 7.27. The van der Waals surface area contributed by atoms with Gasteiger partial charge >= 0.3 is 0 Å². The van der Waals surface area contributed by atoms with Crippen molar-refractivity contribution in [2.45, 2.75) is 10.9 Å². The van der Waals surface area contributed by atoms with E-state index in [1.54, 1.807) is 0 Å². The van der Waals surface area contributed by atoms with E-state index in [0.29, 0.717) is 5.16 Å². The molecule has 2 rings (SSSR count). The number of nitrogen functional groups attached to an aromatic ring is 2. The minimum Gasteiger partial charge on any atom is -0.366 e. The molecule has 0 fully saturated rings. The van der Waals surface area contributed by atoms with Gasteiger partial charge in [-0.1, -0.05) is 42.1 Å². The van der Waals surface area contributed by atoms with Gasteiger partial charge in [0, 0.05) is 5.75 Å². The molecule has 15 heavy (non-hydrogen) atoms. The molecule has 0 aliphatic carbocycles. The molecule has 0 aliphatic heterocycles. The van der Waals surface area contributed by atoms with Crippen LogP contribution in [0.15, 0.2) is 35.5 Å². The Kier molecular flexibility index (Phi) is 2.77. The topological polar surface area (TPSA) is 82.8 Å². The first-order valence-electron chi connectivity index (χ1n) is 4.40. The zero-order valence-electron chi connectivity index (χ0n) is 8.00. The van der Waals surface area contributed by atoms with Gasteiger partial charge in [0.05, 0.1) is 0 Å². The number of thioether (sulfide) groups is 1. The van der Waals surface area contributed by atoms with E-state index in [4.69, 9.17) is 11.6 Å². The molecule has 0 bridgehead atoms. The largest absolute Gasteiger partial charge is 0.366 e. The van der Waals surface area contributed by atoms with Crippen LogP contribution in [0.5, 0.6) is 0 Å². The van der Waals surface area contributed by atoms with E-state index in [1.165, 1.54) is 22.0 Å². The molecule has 0 radical (unpaired) electrons. The first-order valence-corrected chi connectivity index (χ1v) is 5.38. The van der Waals surface area contributed by atoms with Crippen molar-refractivity contribution in [3.63, 3.8) is 0 Å². The highest BCUT2D eigenvalue weighted by molar-refractivity contribution is 7.98. The van der Waals surface area contributed by atoms with Gasteiger partial charge in [-0.25, -0.2) is 4.68 Å². The van der Waals surface area contributed by atoms with Gasteiger partial charge in [-0.15, -0.1) is 10.2 Å². The van der Waals surface area contributed by atoms with Gasteiger partial charge in [-0.3, -0.25) is 0 Å². The van der Waals surface area contributed by atoms with E-state index in [2.05, 4.69) is 10.2 Å². The maximum absolute atomic E-state index is 5.61. The molecule has 0 saturated carbocycles. The summed E-state index contributed by atoms with van der Waals surface area (Å²) in [6, 6.07) is 10.1. The lowest BCUT2D eigenvalue weighted by Gasteiger charge is -2.00. The van der Waals surface area contributed by atoms with Crippen molar-refractivity contribution in [2.75, 3.05) is 11.6 Å². The second-order valence-corrected chi connectivity index (χ2v) is 3.93. The number of benzene rings is 1. The number of nitrogens with two attached hydrogens (primary N) is 2. The summed E-state index contributed by atoms with van der Waals surface area (Å²) in [4.78, 5) is 0. The van der Waals surface area contributed by atoms with Crippen LogP contribution in [0.3, 0.4) is 0 Å². The monoisotopic (exact) mass is 221 g/mol. The summed E-state index contributed by atoms with van der Waals surface area (Å²) in [7, 11) is 0. The predicted molar refractivity (Wildman–Crippen MR) is 60.6 cm³/mol. The Morgan fingerprint density at radius 3 is 2.53 bits per heavy atom. The minimum absolute atomic E-state index is 0.227. The van der Waals surface area contributed by atoms with Crippen LogP contribution >= 0.6 is 11.8 Å². The zero-order valence-corrected chi connectivity index (χ0v) is 8.81. The van der Waals surface area contributed by atoms with E-state index in [9.17, 15) is 0 Å². The zero-order chi connectivity index (χ0) is 10.7. The van der Waals surface area contributed by atoms with Crippen molar-refractivity contribution < 1.29 is 0 Å². The molecule has 4 N–H and O–H groups in total. The van der Waals surface area contributed by atoms with Crippen molar-refractivity contribution >= 4 is 17.7 Å². The van der Waals surface area contributed by atoms with Gasteiger partial charge in [-0.05, 0) is 5.56 Å². The summed E-state index contributed by atoms with van der Waals surface area (Å²) in [6.45, 7) is 0. The van der Waals surface area contributed by atoms with E-state index in [1.807, 2.05) is 30.3 Å². The highest BCUT2D eigenvalue weighted by Gasteiger charge is 2.06. The molecular weight excluding hydrogens is 210 g/mol. The highest BCUT2D eigenvalue weighted by atomic mass is 32.2. The fraction of sp³-hybridized carbons (Fsp3) is 0.111. The summed E-state index contributed by atoms with van der Waals surface area (Å²) in [6.07, 6.45) is 0. The average molecular weight is 221 g/mol. The maximum atomic E-state index is 5.61. The minimum atomic E-state index is 0.227. The Morgan fingerprint density at radius 2 is 1.93 bits per heavy atom.